The van der Waals surface area contributed by atoms with Crippen molar-refractivity contribution in [3.05, 3.63) is 11.6 Å². The van der Waals surface area contributed by atoms with E-state index < -0.39 is 0 Å². The van der Waals surface area contributed by atoms with Gasteiger partial charge in [0.2, 0.25) is 0 Å². The fourth-order valence-corrected chi connectivity index (χ4v) is 4.76. The second-order valence-electron chi connectivity index (χ2n) is 7.77. The predicted octanol–water partition coefficient (Wildman–Crippen LogP) is 5.01. The van der Waals surface area contributed by atoms with Crippen molar-refractivity contribution in [1.82, 2.24) is 0 Å². The first-order valence-electron chi connectivity index (χ1n) is 8.94. The van der Waals surface area contributed by atoms with Crippen molar-refractivity contribution in [3.8, 4) is 0 Å². The zero-order valence-corrected chi connectivity index (χ0v) is 14.2. The van der Waals surface area contributed by atoms with Crippen LogP contribution in [-0.2, 0) is 0 Å². The van der Waals surface area contributed by atoms with Gasteiger partial charge in [-0.1, -0.05) is 59.1 Å². The molecule has 1 heteroatoms. The Morgan fingerprint density at radius 1 is 1.15 bits per heavy atom. The van der Waals surface area contributed by atoms with Crippen molar-refractivity contribution >= 4 is 0 Å². The highest BCUT2D eigenvalue weighted by atomic mass is 14.7. The third-order valence-corrected chi connectivity index (χ3v) is 6.45. The molecule has 2 rings (SSSR count). The van der Waals surface area contributed by atoms with Crippen molar-refractivity contribution in [1.29, 1.82) is 0 Å². The van der Waals surface area contributed by atoms with Gasteiger partial charge in [0.15, 0.2) is 0 Å². The zero-order chi connectivity index (χ0) is 14.9. The molecular weight excluding hydrogens is 242 g/mol. The molecule has 6 unspecified atom stereocenters. The molecule has 1 fully saturated rings. The van der Waals surface area contributed by atoms with Gasteiger partial charge in [0.25, 0.3) is 0 Å². The van der Waals surface area contributed by atoms with Gasteiger partial charge >= 0.3 is 0 Å². The van der Waals surface area contributed by atoms with E-state index in [1.807, 2.05) is 0 Å². The molecule has 1 nitrogen and oxygen atoms in total. The normalized spacial score (nSPS) is 34.0. The monoisotopic (exact) mass is 277 g/mol. The molecule has 0 aromatic heterocycles. The van der Waals surface area contributed by atoms with E-state index in [4.69, 9.17) is 5.73 Å². The van der Waals surface area contributed by atoms with Crippen LogP contribution in [0.4, 0.5) is 0 Å². The predicted molar refractivity (Wildman–Crippen MR) is 88.5 cm³/mol. The van der Waals surface area contributed by atoms with E-state index in [0.29, 0.717) is 12.0 Å². The Balaban J connectivity index is 2.06. The van der Waals surface area contributed by atoms with Gasteiger partial charge in [-0.25, -0.2) is 0 Å². The van der Waals surface area contributed by atoms with E-state index in [-0.39, 0.29) is 0 Å². The van der Waals surface area contributed by atoms with Gasteiger partial charge in [-0.15, -0.1) is 0 Å². The average Bonchev–Trinajstić information content (AvgIpc) is 2.98. The molecule has 0 bridgehead atoms. The van der Waals surface area contributed by atoms with Gasteiger partial charge in [0.1, 0.15) is 0 Å². The van der Waals surface area contributed by atoms with E-state index in [9.17, 15) is 0 Å². The fraction of sp³-hybridized carbons (Fsp3) is 0.895. The summed E-state index contributed by atoms with van der Waals surface area (Å²) >= 11 is 0. The second kappa shape index (κ2) is 6.64. The molecule has 2 aliphatic carbocycles. The highest BCUT2D eigenvalue weighted by Gasteiger charge is 2.42. The summed E-state index contributed by atoms with van der Waals surface area (Å²) in [5.41, 5.74) is 8.35. The fourth-order valence-electron chi connectivity index (χ4n) is 4.76. The summed E-state index contributed by atoms with van der Waals surface area (Å²) in [6, 6.07) is 0.316. The smallest absolute Gasteiger partial charge is 0.0287 e. The largest absolute Gasteiger partial charge is 0.324 e. The summed E-state index contributed by atoms with van der Waals surface area (Å²) < 4.78 is 0. The Bertz CT molecular complexity index is 344. The van der Waals surface area contributed by atoms with Crippen LogP contribution in [0, 0.1) is 35.5 Å². The Kier molecular flexibility index (Phi) is 5.34. The van der Waals surface area contributed by atoms with E-state index in [1.54, 1.807) is 5.57 Å². The minimum absolute atomic E-state index is 0.316. The van der Waals surface area contributed by atoms with Gasteiger partial charge in [0, 0.05) is 6.04 Å². The average molecular weight is 277 g/mol. The number of hydrogen-bond acceptors (Lipinski definition) is 1. The summed E-state index contributed by atoms with van der Waals surface area (Å²) in [7, 11) is 0. The van der Waals surface area contributed by atoms with Crippen LogP contribution in [0.25, 0.3) is 0 Å². The molecule has 6 atom stereocenters. The maximum Gasteiger partial charge on any atom is 0.0287 e. The molecule has 2 aliphatic rings. The number of rotatable bonds is 6. The topological polar surface area (TPSA) is 26.0 Å². The summed E-state index contributed by atoms with van der Waals surface area (Å²) in [6.07, 6.45) is 9.13. The molecule has 116 valence electrons. The van der Waals surface area contributed by atoms with Gasteiger partial charge in [-0.05, 0) is 54.8 Å². The van der Waals surface area contributed by atoms with Crippen LogP contribution < -0.4 is 5.73 Å². The Hall–Kier alpha value is -0.300. The standard InChI is InChI=1S/C19H35N/c1-6-13(5)16(7-2)19(20)17-9-8-14-10-15(12(3)4)11-18(14)17/h9,12-16,18-19H,6-8,10-11,20H2,1-5H3. The number of hydrogen-bond donors (Lipinski definition) is 1. The molecule has 20 heavy (non-hydrogen) atoms. The molecule has 0 aromatic rings. The molecule has 0 aromatic carbocycles. The first kappa shape index (κ1) is 16.1. The van der Waals surface area contributed by atoms with Crippen LogP contribution >= 0.6 is 0 Å². The second-order valence-corrected chi connectivity index (χ2v) is 7.77. The van der Waals surface area contributed by atoms with Gasteiger partial charge in [0.05, 0.1) is 0 Å². The molecule has 2 N–H and O–H groups in total. The Morgan fingerprint density at radius 2 is 1.85 bits per heavy atom. The number of fused-ring (bicyclic) bond motifs is 1. The quantitative estimate of drug-likeness (QED) is 0.678. The van der Waals surface area contributed by atoms with E-state index in [2.05, 4.69) is 40.7 Å². The SMILES string of the molecule is CCC(C)C(CC)C(N)C1=CCC2CC(C(C)C)CC12. The lowest BCUT2D eigenvalue weighted by molar-refractivity contribution is 0.288. The lowest BCUT2D eigenvalue weighted by Crippen LogP contribution is -2.37. The van der Waals surface area contributed by atoms with Crippen LogP contribution in [0.1, 0.15) is 66.7 Å². The van der Waals surface area contributed by atoms with Crippen molar-refractivity contribution < 1.29 is 0 Å². The summed E-state index contributed by atoms with van der Waals surface area (Å²) in [4.78, 5) is 0. The lowest BCUT2D eigenvalue weighted by atomic mass is 9.77. The number of allylic oxidation sites excluding steroid dienone is 1. The van der Waals surface area contributed by atoms with Crippen LogP contribution in [0.5, 0.6) is 0 Å². The molecule has 0 heterocycles. The van der Waals surface area contributed by atoms with Crippen molar-refractivity contribution in [2.24, 2.45) is 41.2 Å². The van der Waals surface area contributed by atoms with Gasteiger partial charge < -0.3 is 5.73 Å². The van der Waals surface area contributed by atoms with Gasteiger partial charge in [-0.3, -0.25) is 0 Å². The highest BCUT2D eigenvalue weighted by Crippen LogP contribution is 2.50. The number of nitrogens with two attached hydrogens (primary N) is 1. The Labute approximate surface area is 126 Å². The zero-order valence-electron chi connectivity index (χ0n) is 14.2. The summed E-state index contributed by atoms with van der Waals surface area (Å²) in [5.74, 6) is 4.92. The lowest BCUT2D eigenvalue weighted by Gasteiger charge is -2.32. The van der Waals surface area contributed by atoms with Crippen LogP contribution in [0.2, 0.25) is 0 Å². The van der Waals surface area contributed by atoms with E-state index in [1.165, 1.54) is 32.1 Å². The van der Waals surface area contributed by atoms with Crippen molar-refractivity contribution in [3.63, 3.8) is 0 Å². The molecule has 0 saturated heterocycles. The van der Waals surface area contributed by atoms with Gasteiger partial charge in [-0.2, -0.15) is 0 Å². The highest BCUT2D eigenvalue weighted by molar-refractivity contribution is 5.24. The first-order chi connectivity index (χ1) is 9.49. The van der Waals surface area contributed by atoms with Crippen LogP contribution in [0.3, 0.4) is 0 Å². The minimum Gasteiger partial charge on any atom is -0.324 e. The van der Waals surface area contributed by atoms with Crippen LogP contribution in [0.15, 0.2) is 11.6 Å². The Morgan fingerprint density at radius 3 is 2.40 bits per heavy atom. The molecule has 0 radical (unpaired) electrons. The van der Waals surface area contributed by atoms with Crippen LogP contribution in [-0.4, -0.2) is 6.04 Å². The van der Waals surface area contributed by atoms with Crippen molar-refractivity contribution in [2.45, 2.75) is 72.8 Å². The summed E-state index contributed by atoms with van der Waals surface area (Å²) in [6.45, 7) is 11.8. The van der Waals surface area contributed by atoms with Crippen molar-refractivity contribution in [2.75, 3.05) is 0 Å². The van der Waals surface area contributed by atoms with E-state index >= 15 is 0 Å². The van der Waals surface area contributed by atoms with E-state index in [0.717, 1.165) is 29.6 Å². The first-order valence-corrected chi connectivity index (χ1v) is 8.94. The molecular formula is C19H35N. The molecule has 0 amide bonds. The summed E-state index contributed by atoms with van der Waals surface area (Å²) in [5, 5.41) is 0. The minimum atomic E-state index is 0.316. The maximum absolute atomic E-state index is 6.72. The maximum atomic E-state index is 6.72. The molecule has 0 spiro atoms. The molecule has 0 aliphatic heterocycles. The molecule has 1 saturated carbocycles. The third-order valence-electron chi connectivity index (χ3n) is 6.45. The third kappa shape index (κ3) is 2.98.